The molecule has 0 amide bonds. The molecular weight excluding hydrogens is 372 g/mol. The fourth-order valence-electron chi connectivity index (χ4n) is 2.62. The summed E-state index contributed by atoms with van der Waals surface area (Å²) >= 11 is 1.42. The Kier molecular flexibility index (Phi) is 5.55. The molecule has 0 aliphatic carbocycles. The van der Waals surface area contributed by atoms with Gasteiger partial charge < -0.3 is 4.74 Å². The molecule has 2 aromatic heterocycles. The van der Waals surface area contributed by atoms with Crippen LogP contribution in [0, 0.1) is 25.5 Å². The molecule has 140 valence electrons. The van der Waals surface area contributed by atoms with Crippen molar-refractivity contribution >= 4 is 11.8 Å². The normalized spacial score (nSPS) is 10.9. The van der Waals surface area contributed by atoms with E-state index in [1.165, 1.54) is 28.5 Å². The van der Waals surface area contributed by atoms with Gasteiger partial charge in [-0.05, 0) is 32.2 Å². The Labute approximate surface area is 159 Å². The molecule has 0 saturated heterocycles. The number of halogens is 2. The zero-order chi connectivity index (χ0) is 19.6. The fraction of sp³-hybridized carbons (Fsp3) is 0.211. The number of nitrogens with zero attached hydrogens (tertiary/aromatic N) is 3. The predicted octanol–water partition coefficient (Wildman–Crippen LogP) is 3.82. The van der Waals surface area contributed by atoms with Crippen LogP contribution in [0.1, 0.15) is 17.0 Å². The van der Waals surface area contributed by atoms with Gasteiger partial charge in [-0.15, -0.1) is 0 Å². The largest absolute Gasteiger partial charge is 0.489 e. The molecule has 0 fully saturated rings. The Morgan fingerprint density at radius 3 is 2.59 bits per heavy atom. The summed E-state index contributed by atoms with van der Waals surface area (Å²) in [5, 5.41) is 0.628. The van der Waals surface area contributed by atoms with Gasteiger partial charge >= 0.3 is 0 Å². The maximum Gasteiger partial charge on any atom is 0.259 e. The standard InChI is InChI=1S/C19H17F2N3O2S/c1-11-6-15(26-10-13-4-5-14(20)7-16(13)21)8-18(25)24(11)17-9-22-19(27-3)23-12(17)2/h4-9H,10H2,1-3H3. The van der Waals surface area contributed by atoms with Crippen molar-refractivity contribution in [3.63, 3.8) is 0 Å². The van der Waals surface area contributed by atoms with Gasteiger partial charge in [-0.2, -0.15) is 0 Å². The van der Waals surface area contributed by atoms with E-state index in [0.29, 0.717) is 28.0 Å². The summed E-state index contributed by atoms with van der Waals surface area (Å²) in [6.07, 6.45) is 3.49. The maximum absolute atomic E-state index is 13.7. The summed E-state index contributed by atoms with van der Waals surface area (Å²) in [7, 11) is 0. The molecule has 0 radical (unpaired) electrons. The van der Waals surface area contributed by atoms with Crippen LogP contribution in [0.25, 0.3) is 5.69 Å². The van der Waals surface area contributed by atoms with Gasteiger partial charge in [-0.1, -0.05) is 11.8 Å². The third-order valence-corrected chi connectivity index (χ3v) is 4.52. The van der Waals surface area contributed by atoms with Crippen LogP contribution in [0.3, 0.4) is 0 Å². The van der Waals surface area contributed by atoms with E-state index < -0.39 is 11.6 Å². The third kappa shape index (κ3) is 4.16. The average molecular weight is 389 g/mol. The van der Waals surface area contributed by atoms with Gasteiger partial charge in [0.2, 0.25) is 0 Å². The van der Waals surface area contributed by atoms with Crippen LogP contribution in [0.15, 0.2) is 46.5 Å². The van der Waals surface area contributed by atoms with Crippen molar-refractivity contribution in [1.82, 2.24) is 14.5 Å². The van der Waals surface area contributed by atoms with Crippen LogP contribution in [-0.2, 0) is 6.61 Å². The lowest BCUT2D eigenvalue weighted by atomic mass is 10.2. The van der Waals surface area contributed by atoms with E-state index in [1.807, 2.05) is 13.2 Å². The third-order valence-electron chi connectivity index (χ3n) is 3.95. The van der Waals surface area contributed by atoms with Gasteiger partial charge in [-0.25, -0.2) is 18.7 Å². The molecule has 27 heavy (non-hydrogen) atoms. The lowest BCUT2D eigenvalue weighted by Gasteiger charge is -2.14. The Hall–Kier alpha value is -2.74. The molecule has 8 heteroatoms. The highest BCUT2D eigenvalue weighted by Crippen LogP contribution is 2.19. The zero-order valence-electron chi connectivity index (χ0n) is 15.0. The second-order valence-electron chi connectivity index (χ2n) is 5.86. The van der Waals surface area contributed by atoms with Crippen LogP contribution in [-0.4, -0.2) is 20.8 Å². The number of hydrogen-bond acceptors (Lipinski definition) is 5. The Balaban J connectivity index is 1.88. The molecule has 3 rings (SSSR count). The van der Waals surface area contributed by atoms with Gasteiger partial charge in [0.1, 0.15) is 24.0 Å². The molecule has 0 bridgehead atoms. The van der Waals surface area contributed by atoms with Crippen LogP contribution in [0.2, 0.25) is 0 Å². The maximum atomic E-state index is 13.7. The first-order chi connectivity index (χ1) is 12.9. The summed E-state index contributed by atoms with van der Waals surface area (Å²) in [6, 6.07) is 6.25. The predicted molar refractivity (Wildman–Crippen MR) is 99.6 cm³/mol. The molecule has 0 atom stereocenters. The van der Waals surface area contributed by atoms with Crippen molar-refractivity contribution < 1.29 is 13.5 Å². The first-order valence-electron chi connectivity index (χ1n) is 8.07. The molecule has 5 nitrogen and oxygen atoms in total. The topological polar surface area (TPSA) is 57.0 Å². The summed E-state index contributed by atoms with van der Waals surface area (Å²) < 4.78 is 33.7. The van der Waals surface area contributed by atoms with Crippen molar-refractivity contribution in [2.45, 2.75) is 25.6 Å². The first-order valence-corrected chi connectivity index (χ1v) is 9.30. The smallest absolute Gasteiger partial charge is 0.259 e. The minimum atomic E-state index is -0.693. The average Bonchev–Trinajstić information content (AvgIpc) is 2.61. The lowest BCUT2D eigenvalue weighted by molar-refractivity contribution is 0.298. The SMILES string of the molecule is CSc1ncc(-n2c(C)cc(OCc3ccc(F)cc3F)cc2=O)c(C)n1. The van der Waals surface area contributed by atoms with Crippen LogP contribution >= 0.6 is 11.8 Å². The molecule has 0 unspecified atom stereocenters. The van der Waals surface area contributed by atoms with E-state index in [-0.39, 0.29) is 17.7 Å². The molecule has 0 aliphatic rings. The van der Waals surface area contributed by atoms with Crippen molar-refractivity contribution in [2.24, 2.45) is 0 Å². The molecule has 2 heterocycles. The van der Waals surface area contributed by atoms with Crippen LogP contribution in [0.4, 0.5) is 8.78 Å². The first kappa shape index (κ1) is 19.0. The van der Waals surface area contributed by atoms with Crippen molar-refractivity contribution in [2.75, 3.05) is 6.26 Å². The summed E-state index contributed by atoms with van der Waals surface area (Å²) in [5.41, 5.74) is 1.79. The number of aromatic nitrogens is 3. The molecule has 0 aliphatic heterocycles. The van der Waals surface area contributed by atoms with Gasteiger partial charge in [0.25, 0.3) is 5.56 Å². The number of aryl methyl sites for hydroxylation is 2. The molecule has 0 saturated carbocycles. The van der Waals surface area contributed by atoms with Gasteiger partial charge in [0.15, 0.2) is 5.16 Å². The van der Waals surface area contributed by atoms with Crippen molar-refractivity contribution in [3.8, 4) is 11.4 Å². The number of benzene rings is 1. The van der Waals surface area contributed by atoms with Crippen LogP contribution < -0.4 is 10.3 Å². The summed E-state index contributed by atoms with van der Waals surface area (Å²) in [5.74, 6) is -1.04. The monoisotopic (exact) mass is 389 g/mol. The number of rotatable bonds is 5. The Morgan fingerprint density at radius 1 is 1.19 bits per heavy atom. The number of ether oxygens (including phenoxy) is 1. The molecule has 0 N–H and O–H groups in total. The van der Waals surface area contributed by atoms with E-state index in [2.05, 4.69) is 9.97 Å². The highest BCUT2D eigenvalue weighted by molar-refractivity contribution is 7.98. The Morgan fingerprint density at radius 2 is 1.96 bits per heavy atom. The minimum Gasteiger partial charge on any atom is -0.489 e. The summed E-state index contributed by atoms with van der Waals surface area (Å²) in [4.78, 5) is 21.2. The van der Waals surface area contributed by atoms with E-state index in [9.17, 15) is 13.6 Å². The van der Waals surface area contributed by atoms with Crippen LogP contribution in [0.5, 0.6) is 5.75 Å². The van der Waals surface area contributed by atoms with Crippen molar-refractivity contribution in [1.29, 1.82) is 0 Å². The molecule has 3 aromatic rings. The van der Waals surface area contributed by atoms with E-state index in [4.69, 9.17) is 4.74 Å². The van der Waals surface area contributed by atoms with E-state index in [1.54, 1.807) is 19.2 Å². The van der Waals surface area contributed by atoms with Gasteiger partial charge in [0, 0.05) is 29.5 Å². The molecule has 0 spiro atoms. The zero-order valence-corrected chi connectivity index (χ0v) is 15.8. The number of hydrogen-bond donors (Lipinski definition) is 0. The van der Waals surface area contributed by atoms with Gasteiger partial charge in [0.05, 0.1) is 17.6 Å². The van der Waals surface area contributed by atoms with Gasteiger partial charge in [-0.3, -0.25) is 9.36 Å². The minimum absolute atomic E-state index is 0.112. The number of pyridine rings is 1. The molecule has 1 aromatic carbocycles. The highest BCUT2D eigenvalue weighted by Gasteiger charge is 2.12. The number of thioether (sulfide) groups is 1. The second-order valence-corrected chi connectivity index (χ2v) is 6.63. The Bertz CT molecular complexity index is 1050. The van der Waals surface area contributed by atoms with E-state index in [0.717, 1.165) is 12.1 Å². The fourth-order valence-corrected chi connectivity index (χ4v) is 3.01. The quantitative estimate of drug-likeness (QED) is 0.490. The van der Waals surface area contributed by atoms with Crippen molar-refractivity contribution in [3.05, 3.63) is 75.5 Å². The lowest BCUT2D eigenvalue weighted by Crippen LogP contribution is -2.21. The molecular formula is C19H17F2N3O2S. The van der Waals surface area contributed by atoms with E-state index >= 15 is 0 Å². The summed E-state index contributed by atoms with van der Waals surface area (Å²) in [6.45, 7) is 3.46. The highest BCUT2D eigenvalue weighted by atomic mass is 32.2. The second kappa shape index (κ2) is 7.87.